The number of hydrogen-bond donors (Lipinski definition) is 1. The van der Waals surface area contributed by atoms with Gasteiger partial charge in [0.25, 0.3) is 0 Å². The fourth-order valence-electron chi connectivity index (χ4n) is 2.69. The van der Waals surface area contributed by atoms with E-state index >= 15 is 0 Å². The maximum Gasteiger partial charge on any atom is 0.120 e. The molecule has 1 heterocycles. The summed E-state index contributed by atoms with van der Waals surface area (Å²) in [5.41, 5.74) is 1.08. The maximum absolute atomic E-state index is 5.94. The summed E-state index contributed by atoms with van der Waals surface area (Å²) in [6, 6.07) is 6.26. The Hall–Kier alpha value is -0.580. The lowest BCUT2D eigenvalue weighted by Crippen LogP contribution is -2.39. The molecule has 1 aliphatic rings. The number of likely N-dealkylation sites (N-methyl/N-ethyl adjacent to an activating group) is 1. The number of halogens is 1. The van der Waals surface area contributed by atoms with Gasteiger partial charge in [-0.25, -0.2) is 0 Å². The van der Waals surface area contributed by atoms with E-state index in [0.717, 1.165) is 29.7 Å². The Morgan fingerprint density at radius 2 is 2.28 bits per heavy atom. The lowest BCUT2D eigenvalue weighted by atomic mass is 9.88. The zero-order valence-electron chi connectivity index (χ0n) is 11.1. The largest absolute Gasteiger partial charge is 0.497 e. The molecule has 100 valence electrons. The second-order valence-electron chi connectivity index (χ2n) is 4.87. The second-order valence-corrected chi connectivity index (χ2v) is 5.73. The summed E-state index contributed by atoms with van der Waals surface area (Å²) in [6.07, 6.45) is 2.21. The smallest absolute Gasteiger partial charge is 0.120 e. The Balaban J connectivity index is 2.32. The molecular formula is C14H20BrNO2. The highest BCUT2D eigenvalue weighted by molar-refractivity contribution is 9.10. The van der Waals surface area contributed by atoms with Crippen LogP contribution in [0, 0.1) is 0 Å². The van der Waals surface area contributed by atoms with Gasteiger partial charge < -0.3 is 14.8 Å². The number of nitrogens with one attached hydrogen (secondary N) is 1. The van der Waals surface area contributed by atoms with Crippen molar-refractivity contribution in [1.82, 2.24) is 5.32 Å². The van der Waals surface area contributed by atoms with Crippen LogP contribution in [-0.2, 0) is 4.74 Å². The third-order valence-corrected chi connectivity index (χ3v) is 4.35. The van der Waals surface area contributed by atoms with E-state index in [4.69, 9.17) is 9.47 Å². The van der Waals surface area contributed by atoms with Gasteiger partial charge in [0.15, 0.2) is 0 Å². The molecule has 1 saturated heterocycles. The van der Waals surface area contributed by atoms with Crippen LogP contribution in [0.15, 0.2) is 22.7 Å². The van der Waals surface area contributed by atoms with Gasteiger partial charge in [-0.05, 0) is 44.5 Å². The van der Waals surface area contributed by atoms with E-state index in [1.54, 1.807) is 7.11 Å². The Morgan fingerprint density at radius 3 is 2.78 bits per heavy atom. The summed E-state index contributed by atoms with van der Waals surface area (Å²) >= 11 is 3.63. The van der Waals surface area contributed by atoms with Crippen molar-refractivity contribution in [2.45, 2.75) is 31.4 Å². The summed E-state index contributed by atoms with van der Waals surface area (Å²) < 4.78 is 12.2. The second kappa shape index (κ2) is 5.59. The molecule has 0 radical (unpaired) electrons. The average Bonchev–Trinajstić information content (AvgIpc) is 2.79. The van der Waals surface area contributed by atoms with Gasteiger partial charge >= 0.3 is 0 Å². The normalized spacial score (nSPS) is 25.1. The molecule has 0 saturated carbocycles. The van der Waals surface area contributed by atoms with Crippen molar-refractivity contribution >= 4 is 15.9 Å². The first-order valence-corrected chi connectivity index (χ1v) is 7.04. The van der Waals surface area contributed by atoms with Crippen molar-refractivity contribution in [3.05, 3.63) is 28.2 Å². The van der Waals surface area contributed by atoms with Crippen LogP contribution in [-0.4, -0.2) is 26.4 Å². The Labute approximate surface area is 117 Å². The molecule has 2 rings (SSSR count). The zero-order chi connectivity index (χ0) is 13.2. The van der Waals surface area contributed by atoms with E-state index in [1.807, 2.05) is 19.2 Å². The quantitative estimate of drug-likeness (QED) is 0.925. The van der Waals surface area contributed by atoms with Crippen LogP contribution in [0.5, 0.6) is 5.75 Å². The Kier molecular flexibility index (Phi) is 4.30. The van der Waals surface area contributed by atoms with E-state index in [0.29, 0.717) is 0 Å². The molecule has 2 atom stereocenters. The monoisotopic (exact) mass is 313 g/mol. The predicted octanol–water partition coefficient (Wildman–Crippen LogP) is 3.29. The summed E-state index contributed by atoms with van der Waals surface area (Å²) in [5.74, 6) is 0.859. The Bertz CT molecular complexity index is 416. The van der Waals surface area contributed by atoms with Crippen LogP contribution in [0.4, 0.5) is 0 Å². The van der Waals surface area contributed by atoms with Crippen molar-refractivity contribution in [1.29, 1.82) is 0 Å². The number of benzene rings is 1. The van der Waals surface area contributed by atoms with E-state index in [2.05, 4.69) is 34.2 Å². The minimum Gasteiger partial charge on any atom is -0.497 e. The molecule has 0 amide bonds. The number of rotatable bonds is 4. The van der Waals surface area contributed by atoms with E-state index in [-0.39, 0.29) is 11.6 Å². The summed E-state index contributed by atoms with van der Waals surface area (Å²) in [7, 11) is 3.66. The minimum atomic E-state index is -0.133. The van der Waals surface area contributed by atoms with Crippen LogP contribution in [0.1, 0.15) is 31.4 Å². The molecule has 0 aliphatic carbocycles. The molecule has 1 N–H and O–H groups in total. The van der Waals surface area contributed by atoms with Crippen molar-refractivity contribution in [2.75, 3.05) is 20.8 Å². The molecule has 1 fully saturated rings. The molecule has 1 aromatic carbocycles. The highest BCUT2D eigenvalue weighted by atomic mass is 79.9. The van der Waals surface area contributed by atoms with Crippen molar-refractivity contribution in [3.8, 4) is 5.75 Å². The number of hydrogen-bond acceptors (Lipinski definition) is 3. The van der Waals surface area contributed by atoms with Crippen molar-refractivity contribution < 1.29 is 9.47 Å². The molecule has 4 heteroatoms. The lowest BCUT2D eigenvalue weighted by Gasteiger charge is -2.34. The first-order valence-electron chi connectivity index (χ1n) is 6.25. The molecule has 2 unspecified atom stereocenters. The maximum atomic E-state index is 5.94. The third-order valence-electron chi connectivity index (χ3n) is 3.67. The first-order chi connectivity index (χ1) is 8.60. The van der Waals surface area contributed by atoms with Crippen LogP contribution in [0.25, 0.3) is 0 Å². The van der Waals surface area contributed by atoms with Gasteiger partial charge in [-0.1, -0.05) is 22.0 Å². The van der Waals surface area contributed by atoms with E-state index < -0.39 is 0 Å². The van der Waals surface area contributed by atoms with Crippen molar-refractivity contribution in [3.63, 3.8) is 0 Å². The third kappa shape index (κ3) is 2.56. The predicted molar refractivity (Wildman–Crippen MR) is 76.1 cm³/mol. The van der Waals surface area contributed by atoms with Crippen LogP contribution < -0.4 is 10.1 Å². The molecule has 1 aromatic rings. The summed E-state index contributed by atoms with van der Waals surface area (Å²) in [6.45, 7) is 3.03. The Morgan fingerprint density at radius 1 is 1.50 bits per heavy atom. The van der Waals surface area contributed by atoms with E-state index in [9.17, 15) is 0 Å². The van der Waals surface area contributed by atoms with Crippen LogP contribution >= 0.6 is 15.9 Å². The van der Waals surface area contributed by atoms with Gasteiger partial charge in [-0.3, -0.25) is 0 Å². The molecule has 1 aliphatic heterocycles. The molecule has 0 aromatic heterocycles. The van der Waals surface area contributed by atoms with Crippen LogP contribution in [0.3, 0.4) is 0 Å². The van der Waals surface area contributed by atoms with Gasteiger partial charge in [-0.15, -0.1) is 0 Å². The van der Waals surface area contributed by atoms with Gasteiger partial charge in [0.2, 0.25) is 0 Å². The minimum absolute atomic E-state index is 0.133. The van der Waals surface area contributed by atoms with Crippen LogP contribution in [0.2, 0.25) is 0 Å². The van der Waals surface area contributed by atoms with Crippen molar-refractivity contribution in [2.24, 2.45) is 0 Å². The van der Waals surface area contributed by atoms with Gasteiger partial charge in [0.05, 0.1) is 18.8 Å². The topological polar surface area (TPSA) is 30.5 Å². The fraction of sp³-hybridized carbons (Fsp3) is 0.571. The zero-order valence-corrected chi connectivity index (χ0v) is 12.7. The molecular weight excluding hydrogens is 294 g/mol. The molecule has 3 nitrogen and oxygen atoms in total. The number of methoxy groups -OCH3 is 1. The highest BCUT2D eigenvalue weighted by Crippen LogP contribution is 2.40. The molecule has 18 heavy (non-hydrogen) atoms. The van der Waals surface area contributed by atoms with Gasteiger partial charge in [0.1, 0.15) is 5.75 Å². The molecule has 0 bridgehead atoms. The number of ether oxygens (including phenoxy) is 2. The summed E-state index contributed by atoms with van der Waals surface area (Å²) in [5, 5.41) is 3.38. The highest BCUT2D eigenvalue weighted by Gasteiger charge is 2.39. The molecule has 0 spiro atoms. The first kappa shape index (κ1) is 13.8. The standard InChI is InChI=1S/C14H20BrNO2/c1-14(7-4-8-18-14)13(16-2)11-6-5-10(17-3)9-12(11)15/h5-6,9,13,16H,4,7-8H2,1-3H3. The van der Waals surface area contributed by atoms with Gasteiger partial charge in [-0.2, -0.15) is 0 Å². The van der Waals surface area contributed by atoms with Gasteiger partial charge in [0, 0.05) is 11.1 Å². The van der Waals surface area contributed by atoms with E-state index in [1.165, 1.54) is 5.56 Å². The fourth-order valence-corrected chi connectivity index (χ4v) is 3.27. The average molecular weight is 314 g/mol. The SMILES string of the molecule is CNC(c1ccc(OC)cc1Br)C1(C)CCCO1. The lowest BCUT2D eigenvalue weighted by molar-refractivity contribution is -0.0106. The summed E-state index contributed by atoms with van der Waals surface area (Å²) in [4.78, 5) is 0.